The van der Waals surface area contributed by atoms with Crippen molar-refractivity contribution in [3.8, 4) is 5.75 Å². The van der Waals surface area contributed by atoms with Gasteiger partial charge < -0.3 is 4.74 Å². The molecule has 0 heterocycles. The van der Waals surface area contributed by atoms with Crippen LogP contribution < -0.4 is 4.74 Å². The Morgan fingerprint density at radius 3 is 2.74 bits per heavy atom. The standard InChI is InChI=1S/C14H9ClF2O2/c15-11-4-9(7-18)5-12(6-11)19-8-10-2-1-3-13(16)14(10)17/h1-7H,8H2. The maximum Gasteiger partial charge on any atom is 0.165 e. The summed E-state index contributed by atoms with van der Waals surface area (Å²) < 4.78 is 31.7. The van der Waals surface area contributed by atoms with E-state index in [0.717, 1.165) is 6.07 Å². The molecule has 19 heavy (non-hydrogen) atoms. The summed E-state index contributed by atoms with van der Waals surface area (Å²) >= 11 is 5.79. The molecule has 0 saturated carbocycles. The third-order valence-corrected chi connectivity index (χ3v) is 2.67. The average molecular weight is 283 g/mol. The monoisotopic (exact) mass is 282 g/mol. The van der Waals surface area contributed by atoms with Crippen molar-refractivity contribution in [1.82, 2.24) is 0 Å². The van der Waals surface area contributed by atoms with Crippen LogP contribution in [0.4, 0.5) is 8.78 Å². The van der Waals surface area contributed by atoms with Crippen LogP contribution in [0, 0.1) is 11.6 Å². The van der Waals surface area contributed by atoms with Gasteiger partial charge >= 0.3 is 0 Å². The van der Waals surface area contributed by atoms with Crippen molar-refractivity contribution in [3.63, 3.8) is 0 Å². The SMILES string of the molecule is O=Cc1cc(Cl)cc(OCc2cccc(F)c2F)c1. The summed E-state index contributed by atoms with van der Waals surface area (Å²) in [4.78, 5) is 10.7. The molecule has 0 radical (unpaired) electrons. The summed E-state index contributed by atoms with van der Waals surface area (Å²) in [5.74, 6) is -1.56. The quantitative estimate of drug-likeness (QED) is 0.792. The summed E-state index contributed by atoms with van der Waals surface area (Å²) in [6.07, 6.45) is 0.626. The molecule has 0 bridgehead atoms. The lowest BCUT2D eigenvalue weighted by Gasteiger charge is -2.08. The van der Waals surface area contributed by atoms with Crippen molar-refractivity contribution in [1.29, 1.82) is 0 Å². The molecule has 0 atom stereocenters. The number of benzene rings is 2. The van der Waals surface area contributed by atoms with Crippen LogP contribution in [-0.4, -0.2) is 6.29 Å². The number of carbonyl (C=O) groups is 1. The molecule has 0 spiro atoms. The lowest BCUT2D eigenvalue weighted by atomic mass is 10.2. The molecule has 5 heteroatoms. The number of ether oxygens (including phenoxy) is 1. The highest BCUT2D eigenvalue weighted by atomic mass is 35.5. The second kappa shape index (κ2) is 5.80. The van der Waals surface area contributed by atoms with Gasteiger partial charge in [-0.1, -0.05) is 23.7 Å². The second-order valence-corrected chi connectivity index (χ2v) is 4.28. The summed E-state index contributed by atoms with van der Waals surface area (Å²) in [5, 5.41) is 0.333. The zero-order valence-corrected chi connectivity index (χ0v) is 10.5. The number of rotatable bonds is 4. The Morgan fingerprint density at radius 2 is 2.00 bits per heavy atom. The van der Waals surface area contributed by atoms with Gasteiger partial charge in [-0.05, 0) is 24.3 Å². The van der Waals surface area contributed by atoms with Crippen molar-refractivity contribution in [2.45, 2.75) is 6.61 Å². The summed E-state index contributed by atoms with van der Waals surface area (Å²) in [7, 11) is 0. The van der Waals surface area contributed by atoms with Gasteiger partial charge in [-0.25, -0.2) is 8.78 Å². The van der Waals surface area contributed by atoms with Crippen LogP contribution in [0.1, 0.15) is 15.9 Å². The van der Waals surface area contributed by atoms with E-state index in [-0.39, 0.29) is 12.2 Å². The Bertz CT molecular complexity index is 614. The average Bonchev–Trinajstić information content (AvgIpc) is 2.40. The molecule has 0 saturated heterocycles. The van der Waals surface area contributed by atoms with Gasteiger partial charge in [0, 0.05) is 16.1 Å². The first-order valence-corrected chi connectivity index (χ1v) is 5.79. The Morgan fingerprint density at radius 1 is 1.21 bits per heavy atom. The van der Waals surface area contributed by atoms with Gasteiger partial charge in [0.1, 0.15) is 18.6 Å². The molecule has 0 aliphatic carbocycles. The van der Waals surface area contributed by atoms with Crippen LogP contribution in [0.25, 0.3) is 0 Å². The summed E-state index contributed by atoms with van der Waals surface area (Å²) in [6, 6.07) is 8.28. The minimum absolute atomic E-state index is 0.0904. The van der Waals surface area contributed by atoms with Gasteiger partial charge in [0.15, 0.2) is 11.6 Å². The van der Waals surface area contributed by atoms with Gasteiger partial charge in [0.25, 0.3) is 0 Å². The van der Waals surface area contributed by atoms with E-state index in [2.05, 4.69) is 0 Å². The van der Waals surface area contributed by atoms with E-state index in [9.17, 15) is 13.6 Å². The van der Waals surface area contributed by atoms with Crippen molar-refractivity contribution < 1.29 is 18.3 Å². The molecule has 2 aromatic carbocycles. The molecule has 2 aromatic rings. The van der Waals surface area contributed by atoms with E-state index < -0.39 is 11.6 Å². The fraction of sp³-hybridized carbons (Fsp3) is 0.0714. The molecule has 0 aliphatic heterocycles. The fourth-order valence-corrected chi connectivity index (χ4v) is 1.79. The van der Waals surface area contributed by atoms with Gasteiger partial charge in [0.2, 0.25) is 0 Å². The Labute approximate surface area is 113 Å². The van der Waals surface area contributed by atoms with Crippen molar-refractivity contribution in [2.75, 3.05) is 0 Å². The number of aldehydes is 1. The first-order valence-electron chi connectivity index (χ1n) is 5.41. The molecule has 2 nitrogen and oxygen atoms in total. The third-order valence-electron chi connectivity index (χ3n) is 2.46. The van der Waals surface area contributed by atoms with Gasteiger partial charge in [-0.15, -0.1) is 0 Å². The van der Waals surface area contributed by atoms with Gasteiger partial charge in [-0.3, -0.25) is 4.79 Å². The van der Waals surface area contributed by atoms with Crippen LogP contribution in [0.2, 0.25) is 5.02 Å². The minimum atomic E-state index is -0.944. The van der Waals surface area contributed by atoms with Crippen LogP contribution in [0.15, 0.2) is 36.4 Å². The maximum absolute atomic E-state index is 13.4. The predicted molar refractivity (Wildman–Crippen MR) is 67.5 cm³/mol. The van der Waals surface area contributed by atoms with E-state index >= 15 is 0 Å². The first-order chi connectivity index (χ1) is 9.10. The molecular formula is C14H9ClF2O2. The normalized spacial score (nSPS) is 10.3. The first kappa shape index (κ1) is 13.5. The highest BCUT2D eigenvalue weighted by molar-refractivity contribution is 6.31. The zero-order valence-electron chi connectivity index (χ0n) is 9.70. The predicted octanol–water partition coefficient (Wildman–Crippen LogP) is 4.01. The minimum Gasteiger partial charge on any atom is -0.489 e. The van der Waals surface area contributed by atoms with E-state index in [1.54, 1.807) is 0 Å². The molecule has 0 unspecified atom stereocenters. The molecule has 98 valence electrons. The van der Waals surface area contributed by atoms with Crippen LogP contribution in [0.3, 0.4) is 0 Å². The Kier molecular flexibility index (Phi) is 4.12. The largest absolute Gasteiger partial charge is 0.489 e. The van der Waals surface area contributed by atoms with E-state index in [4.69, 9.17) is 16.3 Å². The molecule has 0 fully saturated rings. The van der Waals surface area contributed by atoms with E-state index in [1.165, 1.54) is 30.3 Å². The van der Waals surface area contributed by atoms with E-state index in [0.29, 0.717) is 22.6 Å². The van der Waals surface area contributed by atoms with Gasteiger partial charge in [0.05, 0.1) is 0 Å². The number of halogens is 3. The molecule has 0 amide bonds. The second-order valence-electron chi connectivity index (χ2n) is 3.84. The molecule has 2 rings (SSSR count). The van der Waals surface area contributed by atoms with Crippen LogP contribution in [-0.2, 0) is 6.61 Å². The Hall–Kier alpha value is -1.94. The highest BCUT2D eigenvalue weighted by Crippen LogP contribution is 2.22. The number of hydrogen-bond donors (Lipinski definition) is 0. The van der Waals surface area contributed by atoms with Gasteiger partial charge in [-0.2, -0.15) is 0 Å². The fourth-order valence-electron chi connectivity index (χ4n) is 1.56. The topological polar surface area (TPSA) is 26.3 Å². The smallest absolute Gasteiger partial charge is 0.165 e. The number of hydrogen-bond acceptors (Lipinski definition) is 2. The molecule has 0 aliphatic rings. The van der Waals surface area contributed by atoms with E-state index in [1.807, 2.05) is 0 Å². The third kappa shape index (κ3) is 3.29. The lowest BCUT2D eigenvalue weighted by Crippen LogP contribution is -2.00. The molecular weight excluding hydrogens is 274 g/mol. The zero-order chi connectivity index (χ0) is 13.8. The van der Waals surface area contributed by atoms with Crippen LogP contribution in [0.5, 0.6) is 5.75 Å². The van der Waals surface area contributed by atoms with Crippen LogP contribution >= 0.6 is 11.6 Å². The lowest BCUT2D eigenvalue weighted by molar-refractivity contribution is 0.112. The number of carbonyl (C=O) groups excluding carboxylic acids is 1. The van der Waals surface area contributed by atoms with Crippen molar-refractivity contribution >= 4 is 17.9 Å². The summed E-state index contributed by atoms with van der Waals surface area (Å²) in [5.41, 5.74) is 0.440. The highest BCUT2D eigenvalue weighted by Gasteiger charge is 2.08. The molecule has 0 aromatic heterocycles. The Balaban J connectivity index is 2.16. The maximum atomic E-state index is 13.4. The molecule has 0 N–H and O–H groups in total. The van der Waals surface area contributed by atoms with Crippen molar-refractivity contribution in [3.05, 3.63) is 64.2 Å². The van der Waals surface area contributed by atoms with Crippen molar-refractivity contribution in [2.24, 2.45) is 0 Å². The summed E-state index contributed by atoms with van der Waals surface area (Å²) in [6.45, 7) is -0.151.